The number of nitrogens with zero attached hydrogens (tertiary/aromatic N) is 1. The van der Waals surface area contributed by atoms with Gasteiger partial charge in [-0.25, -0.2) is 0 Å². The molecule has 0 amide bonds. The van der Waals surface area contributed by atoms with Crippen LogP contribution in [0.5, 0.6) is 5.75 Å². The Hall–Kier alpha value is -0.910. The highest BCUT2D eigenvalue weighted by Crippen LogP contribution is 2.34. The summed E-state index contributed by atoms with van der Waals surface area (Å²) >= 11 is 7.12. The summed E-state index contributed by atoms with van der Waals surface area (Å²) < 4.78 is 7.52. The molecule has 0 spiro atoms. The first-order chi connectivity index (χ1) is 10.1. The van der Waals surface area contributed by atoms with Gasteiger partial charge in [-0.1, -0.05) is 6.07 Å². The summed E-state index contributed by atoms with van der Waals surface area (Å²) in [5.41, 5.74) is 2.37. The van der Waals surface area contributed by atoms with Crippen LogP contribution in [0.1, 0.15) is 31.0 Å². The van der Waals surface area contributed by atoms with Gasteiger partial charge in [0.15, 0.2) is 0 Å². The van der Waals surface area contributed by atoms with Gasteiger partial charge in [0.05, 0.1) is 15.6 Å². The number of aromatic nitrogens is 1. The van der Waals surface area contributed by atoms with Gasteiger partial charge >= 0.3 is 0 Å². The van der Waals surface area contributed by atoms with Crippen molar-refractivity contribution in [3.05, 3.63) is 56.7 Å². The highest BCUT2D eigenvalue weighted by atomic mass is 79.9. The number of hydrogen-bond donors (Lipinski definition) is 1. The van der Waals surface area contributed by atoms with Crippen LogP contribution in [0.15, 0.2) is 45.6 Å². The first kappa shape index (κ1) is 16.5. The van der Waals surface area contributed by atoms with Crippen molar-refractivity contribution >= 4 is 31.9 Å². The van der Waals surface area contributed by atoms with E-state index in [9.17, 15) is 0 Å². The Labute approximate surface area is 142 Å². The Morgan fingerprint density at radius 3 is 2.57 bits per heavy atom. The molecule has 1 atom stereocenters. The molecule has 0 fully saturated rings. The maximum Gasteiger partial charge on any atom is 0.147 e. The van der Waals surface area contributed by atoms with Gasteiger partial charge in [-0.05, 0) is 75.0 Å². The number of pyridine rings is 1. The van der Waals surface area contributed by atoms with E-state index < -0.39 is 0 Å². The first-order valence-electron chi connectivity index (χ1n) is 6.85. The molecule has 3 nitrogen and oxygen atoms in total. The van der Waals surface area contributed by atoms with E-state index >= 15 is 0 Å². The van der Waals surface area contributed by atoms with E-state index in [4.69, 9.17) is 4.74 Å². The van der Waals surface area contributed by atoms with Crippen molar-refractivity contribution in [3.63, 3.8) is 0 Å². The molecule has 0 aliphatic carbocycles. The summed E-state index contributed by atoms with van der Waals surface area (Å²) in [5, 5.41) is 3.50. The summed E-state index contributed by atoms with van der Waals surface area (Å²) in [4.78, 5) is 4.15. The molecule has 2 aromatic rings. The van der Waals surface area contributed by atoms with Gasteiger partial charge in [-0.3, -0.25) is 4.98 Å². The molecule has 21 heavy (non-hydrogen) atoms. The Kier molecular flexibility index (Phi) is 6.21. The van der Waals surface area contributed by atoms with Crippen LogP contribution in [0.25, 0.3) is 0 Å². The van der Waals surface area contributed by atoms with E-state index in [1.807, 2.05) is 19.2 Å². The fourth-order valence-corrected chi connectivity index (χ4v) is 3.53. The zero-order chi connectivity index (χ0) is 15.2. The van der Waals surface area contributed by atoms with Gasteiger partial charge in [0.1, 0.15) is 5.75 Å². The molecule has 5 heteroatoms. The van der Waals surface area contributed by atoms with Crippen molar-refractivity contribution in [2.45, 2.75) is 26.4 Å². The summed E-state index contributed by atoms with van der Waals surface area (Å²) in [5.74, 6) is 0.849. The molecular formula is C16H18Br2N2O. The lowest BCUT2D eigenvalue weighted by Gasteiger charge is -2.15. The smallest absolute Gasteiger partial charge is 0.147 e. The van der Waals surface area contributed by atoms with Gasteiger partial charge in [0, 0.05) is 25.0 Å². The van der Waals surface area contributed by atoms with Gasteiger partial charge in [-0.2, -0.15) is 0 Å². The van der Waals surface area contributed by atoms with Gasteiger partial charge < -0.3 is 10.1 Å². The van der Waals surface area contributed by atoms with Crippen LogP contribution >= 0.6 is 31.9 Å². The molecule has 0 aliphatic heterocycles. The third-order valence-electron chi connectivity index (χ3n) is 3.14. The Morgan fingerprint density at radius 1 is 1.29 bits per heavy atom. The van der Waals surface area contributed by atoms with Crippen molar-refractivity contribution in [1.29, 1.82) is 0 Å². The predicted molar refractivity (Wildman–Crippen MR) is 92.5 cm³/mol. The average molecular weight is 414 g/mol. The summed E-state index contributed by atoms with van der Waals surface area (Å²) in [6.45, 7) is 5.53. The van der Waals surface area contributed by atoms with E-state index in [0.717, 1.165) is 21.2 Å². The minimum atomic E-state index is 0.253. The fourth-order valence-electron chi connectivity index (χ4n) is 2.02. The minimum absolute atomic E-state index is 0.253. The number of benzene rings is 1. The van der Waals surface area contributed by atoms with Crippen LogP contribution in [-0.2, 0) is 6.54 Å². The maximum atomic E-state index is 5.59. The van der Waals surface area contributed by atoms with Gasteiger partial charge in [-0.15, -0.1) is 0 Å². The Balaban J connectivity index is 2.04. The zero-order valence-electron chi connectivity index (χ0n) is 12.1. The Morgan fingerprint density at radius 2 is 2.00 bits per heavy atom. The normalized spacial score (nSPS) is 12.2. The lowest BCUT2D eigenvalue weighted by molar-refractivity contribution is 0.336. The maximum absolute atomic E-state index is 5.59. The van der Waals surface area contributed by atoms with E-state index in [1.54, 1.807) is 6.20 Å². The summed E-state index contributed by atoms with van der Waals surface area (Å²) in [6.07, 6.45) is 3.68. The third-order valence-corrected chi connectivity index (χ3v) is 4.32. The summed E-state index contributed by atoms with van der Waals surface area (Å²) in [7, 11) is 0. The summed E-state index contributed by atoms with van der Waals surface area (Å²) in [6, 6.07) is 8.45. The topological polar surface area (TPSA) is 34.1 Å². The van der Waals surface area contributed by atoms with Crippen LogP contribution in [0, 0.1) is 0 Å². The lowest BCUT2D eigenvalue weighted by atomic mass is 10.1. The highest BCUT2D eigenvalue weighted by Gasteiger charge is 2.10. The Bertz CT molecular complexity index is 567. The van der Waals surface area contributed by atoms with Crippen LogP contribution in [0.4, 0.5) is 0 Å². The molecule has 0 aliphatic rings. The largest absolute Gasteiger partial charge is 0.492 e. The quantitative estimate of drug-likeness (QED) is 0.734. The van der Waals surface area contributed by atoms with Crippen LogP contribution in [0.2, 0.25) is 0 Å². The second-order valence-corrected chi connectivity index (χ2v) is 6.42. The SMILES string of the molecule is CCOc1c(Br)cc(CNC(C)c2cccnc2)cc1Br. The average Bonchev–Trinajstić information content (AvgIpc) is 2.49. The molecular weight excluding hydrogens is 396 g/mol. The van der Waals surface area contributed by atoms with Gasteiger partial charge in [0.25, 0.3) is 0 Å². The minimum Gasteiger partial charge on any atom is -0.492 e. The van der Waals surface area contributed by atoms with Crippen molar-refractivity contribution in [2.24, 2.45) is 0 Å². The molecule has 1 heterocycles. The number of ether oxygens (including phenoxy) is 1. The first-order valence-corrected chi connectivity index (χ1v) is 8.44. The standard InChI is InChI=1S/C16H18Br2N2O/c1-3-21-16-14(17)7-12(8-15(16)18)9-20-11(2)13-5-4-6-19-10-13/h4-8,10-11,20H,3,9H2,1-2H3. The van der Waals surface area contributed by atoms with Crippen LogP contribution in [0.3, 0.4) is 0 Å². The van der Waals surface area contributed by atoms with Crippen molar-refractivity contribution in [3.8, 4) is 5.75 Å². The van der Waals surface area contributed by atoms with E-state index in [1.165, 1.54) is 11.1 Å². The van der Waals surface area contributed by atoms with E-state index in [-0.39, 0.29) is 6.04 Å². The third kappa shape index (κ3) is 4.53. The molecule has 2 rings (SSSR count). The van der Waals surface area contributed by atoms with Crippen LogP contribution in [-0.4, -0.2) is 11.6 Å². The van der Waals surface area contributed by atoms with Gasteiger partial charge in [0.2, 0.25) is 0 Å². The molecule has 0 saturated heterocycles. The fraction of sp³-hybridized carbons (Fsp3) is 0.312. The van der Waals surface area contributed by atoms with Crippen molar-refractivity contribution in [1.82, 2.24) is 10.3 Å². The second kappa shape index (κ2) is 7.92. The molecule has 0 radical (unpaired) electrons. The molecule has 1 N–H and O–H groups in total. The van der Waals surface area contributed by atoms with Crippen LogP contribution < -0.4 is 10.1 Å². The highest BCUT2D eigenvalue weighted by molar-refractivity contribution is 9.11. The predicted octanol–water partition coefficient (Wildman–Crippen LogP) is 4.86. The number of rotatable bonds is 6. The molecule has 1 unspecified atom stereocenters. The molecule has 0 saturated carbocycles. The lowest BCUT2D eigenvalue weighted by Crippen LogP contribution is -2.18. The van der Waals surface area contributed by atoms with Crippen molar-refractivity contribution < 1.29 is 4.74 Å². The number of halogens is 2. The number of nitrogens with one attached hydrogen (secondary N) is 1. The van der Waals surface area contributed by atoms with Crippen molar-refractivity contribution in [2.75, 3.05) is 6.61 Å². The van der Waals surface area contributed by atoms with E-state index in [0.29, 0.717) is 6.61 Å². The molecule has 1 aromatic heterocycles. The molecule has 1 aromatic carbocycles. The second-order valence-electron chi connectivity index (χ2n) is 4.71. The zero-order valence-corrected chi connectivity index (χ0v) is 15.2. The monoisotopic (exact) mass is 412 g/mol. The molecule has 112 valence electrons. The van der Waals surface area contributed by atoms with E-state index in [2.05, 4.69) is 67.3 Å². The number of hydrogen-bond acceptors (Lipinski definition) is 3. The molecule has 0 bridgehead atoms.